The first-order valence-corrected chi connectivity index (χ1v) is 6.91. The lowest BCUT2D eigenvalue weighted by atomic mass is 9.99. The summed E-state index contributed by atoms with van der Waals surface area (Å²) in [5.41, 5.74) is 2.38. The van der Waals surface area contributed by atoms with Gasteiger partial charge < -0.3 is 9.84 Å². The Balaban J connectivity index is 1.97. The van der Waals surface area contributed by atoms with Crippen LogP contribution in [-0.4, -0.2) is 29.8 Å². The van der Waals surface area contributed by atoms with Gasteiger partial charge in [0.25, 0.3) is 0 Å². The Labute approximate surface area is 115 Å². The van der Waals surface area contributed by atoms with Crippen LogP contribution < -0.4 is 0 Å². The minimum atomic E-state index is -0.0748. The van der Waals surface area contributed by atoms with Gasteiger partial charge in [-0.1, -0.05) is 31.2 Å². The monoisotopic (exact) mass is 261 g/mol. The molecule has 1 atom stereocenters. The Bertz CT molecular complexity index is 448. The van der Waals surface area contributed by atoms with Crippen molar-refractivity contribution in [2.75, 3.05) is 13.2 Å². The van der Waals surface area contributed by atoms with Crippen LogP contribution in [0.15, 0.2) is 29.3 Å². The normalized spacial score (nSPS) is 18.8. The van der Waals surface area contributed by atoms with E-state index in [1.165, 1.54) is 11.1 Å². The summed E-state index contributed by atoms with van der Waals surface area (Å²) in [6.45, 7) is 7.23. The molecule has 1 aromatic rings. The van der Waals surface area contributed by atoms with Gasteiger partial charge in [-0.25, -0.2) is 4.99 Å². The van der Waals surface area contributed by atoms with Crippen LogP contribution in [-0.2, 0) is 17.6 Å². The summed E-state index contributed by atoms with van der Waals surface area (Å²) in [5.74, 6) is 1.19. The second-order valence-electron chi connectivity index (χ2n) is 5.95. The van der Waals surface area contributed by atoms with E-state index in [2.05, 4.69) is 50.0 Å². The van der Waals surface area contributed by atoms with Crippen LogP contribution in [0.5, 0.6) is 0 Å². The van der Waals surface area contributed by atoms with E-state index < -0.39 is 0 Å². The molecule has 0 aliphatic carbocycles. The molecule has 3 heteroatoms. The summed E-state index contributed by atoms with van der Waals surface area (Å²) >= 11 is 0. The zero-order chi connectivity index (χ0) is 13.9. The van der Waals surface area contributed by atoms with E-state index >= 15 is 0 Å². The summed E-state index contributed by atoms with van der Waals surface area (Å²) in [5, 5.41) is 8.89. The van der Waals surface area contributed by atoms with Crippen LogP contribution in [0.1, 0.15) is 31.9 Å². The lowest BCUT2D eigenvalue weighted by Gasteiger charge is -2.11. The fourth-order valence-corrected chi connectivity index (χ4v) is 2.28. The molecular formula is C16H23NO2. The molecule has 0 saturated carbocycles. The number of ether oxygens (including phenoxy) is 1. The number of nitrogens with zero attached hydrogens (tertiary/aromatic N) is 1. The Morgan fingerprint density at radius 2 is 1.89 bits per heavy atom. The van der Waals surface area contributed by atoms with Crippen LogP contribution >= 0.6 is 0 Å². The maximum atomic E-state index is 8.89. The van der Waals surface area contributed by atoms with E-state index in [0.29, 0.717) is 12.5 Å². The van der Waals surface area contributed by atoms with Crippen LogP contribution in [0.3, 0.4) is 0 Å². The fraction of sp³-hybridized carbons (Fsp3) is 0.562. The molecule has 1 aliphatic rings. The van der Waals surface area contributed by atoms with Crippen molar-refractivity contribution >= 4 is 5.90 Å². The van der Waals surface area contributed by atoms with Crippen LogP contribution in [0.2, 0.25) is 0 Å². The number of aliphatic hydroxyl groups excluding tert-OH is 1. The smallest absolute Gasteiger partial charge is 0.187 e. The second-order valence-corrected chi connectivity index (χ2v) is 5.95. The van der Waals surface area contributed by atoms with Crippen molar-refractivity contribution in [1.82, 2.24) is 0 Å². The number of aliphatic hydroxyl groups is 1. The Morgan fingerprint density at radius 1 is 1.26 bits per heavy atom. The maximum Gasteiger partial charge on any atom is 0.187 e. The van der Waals surface area contributed by atoms with Crippen molar-refractivity contribution in [2.24, 2.45) is 10.9 Å². The molecule has 0 fully saturated rings. The average molecular weight is 261 g/mol. The predicted octanol–water partition coefficient (Wildman–Crippen LogP) is 2.61. The van der Waals surface area contributed by atoms with Gasteiger partial charge in [-0.15, -0.1) is 0 Å². The van der Waals surface area contributed by atoms with Crippen molar-refractivity contribution in [1.29, 1.82) is 0 Å². The molecule has 1 N–H and O–H groups in total. The molecule has 1 aliphatic heterocycles. The maximum absolute atomic E-state index is 8.89. The van der Waals surface area contributed by atoms with E-state index in [9.17, 15) is 0 Å². The molecule has 0 spiro atoms. The first kappa shape index (κ1) is 14.1. The van der Waals surface area contributed by atoms with Gasteiger partial charge >= 0.3 is 0 Å². The molecule has 1 aromatic carbocycles. The molecule has 0 bridgehead atoms. The summed E-state index contributed by atoms with van der Waals surface area (Å²) < 4.78 is 5.68. The van der Waals surface area contributed by atoms with Gasteiger partial charge in [0.05, 0.1) is 5.54 Å². The standard InChI is InChI=1S/C16H23NO2/c1-12(15-17-16(2,3)11-19-15)10-14-6-4-13(5-7-14)8-9-18/h4-7,12,18H,8-11H2,1-3H3. The van der Waals surface area contributed by atoms with Gasteiger partial charge in [-0.05, 0) is 37.8 Å². The summed E-state index contributed by atoms with van der Waals surface area (Å²) in [4.78, 5) is 4.62. The van der Waals surface area contributed by atoms with Crippen molar-refractivity contribution in [2.45, 2.75) is 39.2 Å². The van der Waals surface area contributed by atoms with E-state index in [1.807, 2.05) is 0 Å². The van der Waals surface area contributed by atoms with Crippen molar-refractivity contribution in [3.63, 3.8) is 0 Å². The van der Waals surface area contributed by atoms with E-state index in [4.69, 9.17) is 9.84 Å². The number of hydrogen-bond acceptors (Lipinski definition) is 3. The zero-order valence-electron chi connectivity index (χ0n) is 12.0. The van der Waals surface area contributed by atoms with E-state index in [1.54, 1.807) is 0 Å². The van der Waals surface area contributed by atoms with Crippen LogP contribution in [0.4, 0.5) is 0 Å². The molecule has 104 valence electrons. The first-order valence-electron chi connectivity index (χ1n) is 6.91. The third-order valence-electron chi connectivity index (χ3n) is 3.37. The van der Waals surface area contributed by atoms with Gasteiger partial charge in [0.1, 0.15) is 6.61 Å². The third kappa shape index (κ3) is 3.80. The lowest BCUT2D eigenvalue weighted by Crippen LogP contribution is -2.17. The minimum absolute atomic E-state index is 0.0748. The fourth-order valence-electron chi connectivity index (χ4n) is 2.28. The average Bonchev–Trinajstić information content (AvgIpc) is 2.73. The molecule has 0 saturated heterocycles. The number of hydrogen-bond donors (Lipinski definition) is 1. The number of rotatable bonds is 5. The Morgan fingerprint density at radius 3 is 2.42 bits per heavy atom. The highest BCUT2D eigenvalue weighted by atomic mass is 16.5. The highest BCUT2D eigenvalue weighted by Gasteiger charge is 2.28. The lowest BCUT2D eigenvalue weighted by molar-refractivity contribution is 0.266. The van der Waals surface area contributed by atoms with E-state index in [0.717, 1.165) is 18.7 Å². The van der Waals surface area contributed by atoms with Crippen LogP contribution in [0, 0.1) is 5.92 Å². The quantitative estimate of drug-likeness (QED) is 0.885. The highest BCUT2D eigenvalue weighted by molar-refractivity contribution is 5.80. The molecular weight excluding hydrogens is 238 g/mol. The third-order valence-corrected chi connectivity index (χ3v) is 3.37. The number of aliphatic imine (C=N–C) groups is 1. The molecule has 0 radical (unpaired) electrons. The largest absolute Gasteiger partial charge is 0.478 e. The summed E-state index contributed by atoms with van der Waals surface area (Å²) in [6.07, 6.45) is 1.66. The molecule has 3 nitrogen and oxygen atoms in total. The SMILES string of the molecule is CC(Cc1ccc(CCO)cc1)C1=NC(C)(C)CO1. The van der Waals surface area contributed by atoms with Gasteiger partial charge in [0.2, 0.25) is 0 Å². The molecule has 0 aromatic heterocycles. The van der Waals surface area contributed by atoms with Gasteiger partial charge in [-0.3, -0.25) is 0 Å². The van der Waals surface area contributed by atoms with Gasteiger partial charge in [0, 0.05) is 12.5 Å². The molecule has 19 heavy (non-hydrogen) atoms. The van der Waals surface area contributed by atoms with Crippen molar-refractivity contribution < 1.29 is 9.84 Å². The zero-order valence-corrected chi connectivity index (χ0v) is 12.0. The number of benzene rings is 1. The van der Waals surface area contributed by atoms with Gasteiger partial charge in [0.15, 0.2) is 5.90 Å². The van der Waals surface area contributed by atoms with Crippen molar-refractivity contribution in [3.8, 4) is 0 Å². The van der Waals surface area contributed by atoms with E-state index in [-0.39, 0.29) is 12.1 Å². The molecule has 0 amide bonds. The second kappa shape index (κ2) is 5.74. The molecule has 1 unspecified atom stereocenters. The Kier molecular flexibility index (Phi) is 4.25. The van der Waals surface area contributed by atoms with Gasteiger partial charge in [-0.2, -0.15) is 0 Å². The van der Waals surface area contributed by atoms with Crippen LogP contribution in [0.25, 0.3) is 0 Å². The minimum Gasteiger partial charge on any atom is -0.478 e. The topological polar surface area (TPSA) is 41.8 Å². The molecule has 1 heterocycles. The molecule has 2 rings (SSSR count). The summed E-state index contributed by atoms with van der Waals surface area (Å²) in [7, 11) is 0. The first-order chi connectivity index (χ1) is 9.00. The Hall–Kier alpha value is -1.35. The highest BCUT2D eigenvalue weighted by Crippen LogP contribution is 2.22. The van der Waals surface area contributed by atoms with Crippen molar-refractivity contribution in [3.05, 3.63) is 35.4 Å². The predicted molar refractivity (Wildman–Crippen MR) is 77.6 cm³/mol. The summed E-state index contributed by atoms with van der Waals surface area (Å²) in [6, 6.07) is 8.42.